The number of benzene rings is 3. The van der Waals surface area contributed by atoms with Gasteiger partial charge in [-0.1, -0.05) is 54.6 Å². The largest absolute Gasteiger partial charge is 0.497 e. The maximum atomic E-state index is 13.4. The molecule has 0 unspecified atom stereocenters. The van der Waals surface area contributed by atoms with Gasteiger partial charge in [-0.25, -0.2) is 4.39 Å². The fourth-order valence-corrected chi connectivity index (χ4v) is 3.61. The number of carbonyl (C=O) groups excluding carboxylic acids is 2. The summed E-state index contributed by atoms with van der Waals surface area (Å²) in [6.07, 6.45) is 1.72. The smallest absolute Gasteiger partial charge is 0.271 e. The summed E-state index contributed by atoms with van der Waals surface area (Å²) in [6, 6.07) is 22.8. The van der Waals surface area contributed by atoms with Crippen molar-refractivity contribution in [2.75, 3.05) is 13.7 Å². The number of rotatable bonds is 6. The van der Waals surface area contributed by atoms with Crippen molar-refractivity contribution in [1.29, 1.82) is 0 Å². The maximum Gasteiger partial charge on any atom is 0.271 e. The van der Waals surface area contributed by atoms with Gasteiger partial charge in [0.1, 0.15) is 23.8 Å². The average Bonchev–Trinajstić information content (AvgIpc) is 2.82. The molecule has 1 aliphatic heterocycles. The van der Waals surface area contributed by atoms with Crippen LogP contribution in [0.25, 0.3) is 6.08 Å². The van der Waals surface area contributed by atoms with Crippen LogP contribution in [0.4, 0.5) is 4.39 Å². The summed E-state index contributed by atoms with van der Waals surface area (Å²) in [5.41, 5.74) is 2.77. The van der Waals surface area contributed by atoms with Crippen LogP contribution in [-0.2, 0) is 22.7 Å². The summed E-state index contributed by atoms with van der Waals surface area (Å²) in [4.78, 5) is 29.6. The first-order valence-electron chi connectivity index (χ1n) is 10.3. The summed E-state index contributed by atoms with van der Waals surface area (Å²) in [5, 5.41) is 0. The molecule has 0 N–H and O–H groups in total. The van der Waals surface area contributed by atoms with Crippen molar-refractivity contribution in [1.82, 2.24) is 9.80 Å². The van der Waals surface area contributed by atoms with Crippen LogP contribution in [0.5, 0.6) is 5.75 Å². The quantitative estimate of drug-likeness (QED) is 0.550. The van der Waals surface area contributed by atoms with Crippen molar-refractivity contribution < 1.29 is 18.7 Å². The monoisotopic (exact) mass is 430 g/mol. The highest BCUT2D eigenvalue weighted by molar-refractivity contribution is 6.06. The van der Waals surface area contributed by atoms with E-state index in [1.807, 2.05) is 42.5 Å². The van der Waals surface area contributed by atoms with E-state index in [0.29, 0.717) is 18.0 Å². The van der Waals surface area contributed by atoms with E-state index in [1.165, 1.54) is 21.9 Å². The van der Waals surface area contributed by atoms with E-state index in [2.05, 4.69) is 0 Å². The minimum atomic E-state index is -0.344. The van der Waals surface area contributed by atoms with Crippen LogP contribution < -0.4 is 4.74 Å². The molecule has 0 bridgehead atoms. The van der Waals surface area contributed by atoms with E-state index < -0.39 is 0 Å². The van der Waals surface area contributed by atoms with Crippen LogP contribution >= 0.6 is 0 Å². The second kappa shape index (κ2) is 9.47. The summed E-state index contributed by atoms with van der Waals surface area (Å²) in [6.45, 7) is 0.491. The lowest BCUT2D eigenvalue weighted by Gasteiger charge is -2.36. The third-order valence-corrected chi connectivity index (χ3v) is 5.31. The minimum absolute atomic E-state index is 0.0387. The number of hydrogen-bond donors (Lipinski definition) is 0. The number of methoxy groups -OCH3 is 1. The molecular weight excluding hydrogens is 407 g/mol. The van der Waals surface area contributed by atoms with Crippen LogP contribution in [0, 0.1) is 5.82 Å². The molecule has 3 aromatic rings. The molecule has 1 aliphatic rings. The highest BCUT2D eigenvalue weighted by atomic mass is 19.1. The molecule has 0 saturated carbocycles. The van der Waals surface area contributed by atoms with Crippen LogP contribution in [-0.4, -0.2) is 35.3 Å². The normalized spacial score (nSPS) is 15.4. The Bertz CT molecular complexity index is 1130. The fourth-order valence-electron chi connectivity index (χ4n) is 3.61. The van der Waals surface area contributed by atoms with Crippen molar-refractivity contribution in [3.05, 3.63) is 107 Å². The van der Waals surface area contributed by atoms with Gasteiger partial charge in [-0.15, -0.1) is 0 Å². The molecule has 1 heterocycles. The molecule has 1 saturated heterocycles. The second-order valence-corrected chi connectivity index (χ2v) is 7.56. The van der Waals surface area contributed by atoms with Gasteiger partial charge in [0.2, 0.25) is 5.91 Å². The van der Waals surface area contributed by atoms with Crippen molar-refractivity contribution in [2.45, 2.75) is 13.1 Å². The van der Waals surface area contributed by atoms with Crippen molar-refractivity contribution in [2.24, 2.45) is 0 Å². The first kappa shape index (κ1) is 21.3. The molecule has 0 atom stereocenters. The van der Waals surface area contributed by atoms with Crippen LogP contribution in [0.15, 0.2) is 84.6 Å². The fraction of sp³-hybridized carbons (Fsp3) is 0.154. The summed E-state index contributed by atoms with van der Waals surface area (Å²) in [7, 11) is 1.59. The van der Waals surface area contributed by atoms with Gasteiger partial charge < -0.3 is 14.5 Å². The molecule has 32 heavy (non-hydrogen) atoms. The Morgan fingerprint density at radius 2 is 1.53 bits per heavy atom. The Morgan fingerprint density at radius 1 is 0.875 bits per heavy atom. The number of amides is 2. The molecule has 3 aromatic carbocycles. The summed E-state index contributed by atoms with van der Waals surface area (Å²) >= 11 is 0. The van der Waals surface area contributed by atoms with E-state index in [9.17, 15) is 14.0 Å². The van der Waals surface area contributed by atoms with Gasteiger partial charge in [0.05, 0.1) is 13.7 Å². The lowest BCUT2D eigenvalue weighted by atomic mass is 10.1. The lowest BCUT2D eigenvalue weighted by Crippen LogP contribution is -2.51. The zero-order valence-corrected chi connectivity index (χ0v) is 17.7. The minimum Gasteiger partial charge on any atom is -0.497 e. The van der Waals surface area contributed by atoms with Gasteiger partial charge in [-0.3, -0.25) is 9.59 Å². The Morgan fingerprint density at radius 3 is 2.19 bits per heavy atom. The molecule has 162 valence electrons. The number of ether oxygens (including phenoxy) is 1. The van der Waals surface area contributed by atoms with Gasteiger partial charge in [0.25, 0.3) is 5.91 Å². The number of carbonyl (C=O) groups is 2. The van der Waals surface area contributed by atoms with Crippen LogP contribution in [0.3, 0.4) is 0 Å². The number of piperazine rings is 1. The first-order chi connectivity index (χ1) is 15.5. The first-order valence-corrected chi connectivity index (χ1v) is 10.3. The zero-order chi connectivity index (χ0) is 22.5. The highest BCUT2D eigenvalue weighted by Crippen LogP contribution is 2.24. The van der Waals surface area contributed by atoms with Crippen molar-refractivity contribution in [3.8, 4) is 5.75 Å². The topological polar surface area (TPSA) is 49.9 Å². The van der Waals surface area contributed by atoms with E-state index in [1.54, 1.807) is 37.5 Å². The standard InChI is InChI=1S/C26H23FN2O3/c1-32-23-13-9-19(10-14-23)15-24-26(31)28(16-21-7-11-22(27)12-8-21)18-25(30)29(24)17-20-5-3-2-4-6-20/h2-15H,16-18H2,1H3. The van der Waals surface area contributed by atoms with Gasteiger partial charge in [0, 0.05) is 6.54 Å². The SMILES string of the molecule is COc1ccc(C=C2C(=O)N(Cc3ccc(F)cc3)CC(=O)N2Cc2ccccc2)cc1. The van der Waals surface area contributed by atoms with Crippen LogP contribution in [0.1, 0.15) is 16.7 Å². The molecule has 0 radical (unpaired) electrons. The number of hydrogen-bond acceptors (Lipinski definition) is 3. The van der Waals surface area contributed by atoms with E-state index in [0.717, 1.165) is 16.7 Å². The maximum absolute atomic E-state index is 13.4. The van der Waals surface area contributed by atoms with Crippen molar-refractivity contribution in [3.63, 3.8) is 0 Å². The average molecular weight is 430 g/mol. The molecule has 0 aromatic heterocycles. The second-order valence-electron chi connectivity index (χ2n) is 7.56. The van der Waals surface area contributed by atoms with E-state index >= 15 is 0 Å². The predicted octanol–water partition coefficient (Wildman–Crippen LogP) is 4.25. The Labute approximate surface area is 186 Å². The molecule has 1 fully saturated rings. The van der Waals surface area contributed by atoms with Gasteiger partial charge in [-0.05, 0) is 47.0 Å². The Hall–Kier alpha value is -3.93. The van der Waals surface area contributed by atoms with E-state index in [4.69, 9.17) is 4.74 Å². The molecule has 6 heteroatoms. The van der Waals surface area contributed by atoms with Gasteiger partial charge >= 0.3 is 0 Å². The molecule has 0 spiro atoms. The van der Waals surface area contributed by atoms with Gasteiger partial charge in [0.15, 0.2) is 0 Å². The molecular formula is C26H23FN2O3. The van der Waals surface area contributed by atoms with Crippen LogP contribution in [0.2, 0.25) is 0 Å². The lowest BCUT2D eigenvalue weighted by molar-refractivity contribution is -0.146. The number of nitrogens with zero attached hydrogens (tertiary/aromatic N) is 2. The molecule has 4 rings (SSSR count). The molecule has 2 amide bonds. The van der Waals surface area contributed by atoms with Crippen molar-refractivity contribution >= 4 is 17.9 Å². The highest BCUT2D eigenvalue weighted by Gasteiger charge is 2.34. The molecule has 5 nitrogen and oxygen atoms in total. The predicted molar refractivity (Wildman–Crippen MR) is 120 cm³/mol. The summed E-state index contributed by atoms with van der Waals surface area (Å²) in [5.74, 6) is -0.0581. The Balaban J connectivity index is 1.66. The Kier molecular flexibility index (Phi) is 6.31. The van der Waals surface area contributed by atoms with E-state index in [-0.39, 0.29) is 30.7 Å². The van der Waals surface area contributed by atoms with Gasteiger partial charge in [-0.2, -0.15) is 0 Å². The molecule has 0 aliphatic carbocycles. The number of halogens is 1. The third kappa shape index (κ3) is 4.86. The summed E-state index contributed by atoms with van der Waals surface area (Å²) < 4.78 is 18.5. The zero-order valence-electron chi connectivity index (χ0n) is 17.7. The third-order valence-electron chi connectivity index (χ3n) is 5.31.